The predicted molar refractivity (Wildman–Crippen MR) is 101 cm³/mol. The number of nitrogens with zero attached hydrogens (tertiary/aromatic N) is 1. The smallest absolute Gasteiger partial charge is 0.294 e. The van der Waals surface area contributed by atoms with Crippen LogP contribution in [0.3, 0.4) is 0 Å². The molecule has 10 heteroatoms. The summed E-state index contributed by atoms with van der Waals surface area (Å²) in [5.74, 6) is -0.724. The Balaban J connectivity index is 1.64. The third-order valence-electron chi connectivity index (χ3n) is 3.87. The van der Waals surface area contributed by atoms with Crippen molar-refractivity contribution in [1.29, 1.82) is 0 Å². The molecular formula is C17H16N2O6S2. The summed E-state index contributed by atoms with van der Waals surface area (Å²) in [6.45, 7) is -0.463. The number of carbonyl (C=O) groups excluding carboxylic acids is 3. The summed E-state index contributed by atoms with van der Waals surface area (Å²) in [4.78, 5) is 37.6. The number of ether oxygens (including phenoxy) is 1. The van der Waals surface area contributed by atoms with E-state index >= 15 is 0 Å². The maximum atomic E-state index is 12.4. The molecule has 2 aliphatic rings. The van der Waals surface area contributed by atoms with Gasteiger partial charge in [0.2, 0.25) is 5.91 Å². The molecule has 0 saturated carbocycles. The molecule has 1 aromatic rings. The number of thioether (sulfide) groups is 1. The SMILES string of the molecule is COc1ccc(/C=C2/SC(=O)N(CC(=O)N[C@@H]3C=CS(=O)(=O)C3)C2=O)cc1. The zero-order valence-electron chi connectivity index (χ0n) is 14.2. The van der Waals surface area contributed by atoms with Crippen molar-refractivity contribution in [2.45, 2.75) is 6.04 Å². The van der Waals surface area contributed by atoms with Gasteiger partial charge in [0.25, 0.3) is 11.1 Å². The molecule has 1 saturated heterocycles. The average molecular weight is 408 g/mol. The highest BCUT2D eigenvalue weighted by Crippen LogP contribution is 2.32. The summed E-state index contributed by atoms with van der Waals surface area (Å²) >= 11 is 0.748. The number of benzene rings is 1. The Labute approximate surface area is 160 Å². The minimum Gasteiger partial charge on any atom is -0.497 e. The number of rotatable bonds is 5. The van der Waals surface area contributed by atoms with Crippen molar-refractivity contribution in [3.8, 4) is 5.75 Å². The summed E-state index contributed by atoms with van der Waals surface area (Å²) < 4.78 is 27.8. The molecular weight excluding hydrogens is 392 g/mol. The van der Waals surface area contributed by atoms with Gasteiger partial charge in [-0.2, -0.15) is 0 Å². The van der Waals surface area contributed by atoms with Gasteiger partial charge in [-0.15, -0.1) is 0 Å². The van der Waals surface area contributed by atoms with E-state index in [1.54, 1.807) is 37.5 Å². The van der Waals surface area contributed by atoms with Crippen molar-refractivity contribution in [2.24, 2.45) is 0 Å². The van der Waals surface area contributed by atoms with Gasteiger partial charge in [0.05, 0.1) is 23.8 Å². The molecule has 0 aliphatic carbocycles. The fourth-order valence-corrected chi connectivity index (χ4v) is 4.62. The summed E-state index contributed by atoms with van der Waals surface area (Å²) in [7, 11) is -1.76. The fourth-order valence-electron chi connectivity index (χ4n) is 2.55. The van der Waals surface area contributed by atoms with Crippen LogP contribution in [0.1, 0.15) is 5.56 Å². The Morgan fingerprint density at radius 1 is 1.33 bits per heavy atom. The summed E-state index contributed by atoms with van der Waals surface area (Å²) in [5, 5.41) is 2.97. The molecule has 1 fully saturated rings. The molecule has 0 radical (unpaired) electrons. The molecule has 2 heterocycles. The zero-order chi connectivity index (χ0) is 19.6. The van der Waals surface area contributed by atoms with E-state index in [2.05, 4.69) is 5.32 Å². The minimum absolute atomic E-state index is 0.210. The maximum Gasteiger partial charge on any atom is 0.294 e. The van der Waals surface area contributed by atoms with E-state index in [4.69, 9.17) is 4.74 Å². The van der Waals surface area contributed by atoms with Gasteiger partial charge in [0.15, 0.2) is 9.84 Å². The maximum absolute atomic E-state index is 12.4. The largest absolute Gasteiger partial charge is 0.497 e. The third-order valence-corrected chi connectivity index (χ3v) is 6.17. The number of methoxy groups -OCH3 is 1. The molecule has 3 amide bonds. The fraction of sp³-hybridized carbons (Fsp3) is 0.235. The number of carbonyl (C=O) groups is 3. The van der Waals surface area contributed by atoms with E-state index < -0.39 is 39.5 Å². The van der Waals surface area contributed by atoms with Crippen molar-refractivity contribution < 1.29 is 27.5 Å². The molecule has 0 bridgehead atoms. The highest BCUT2D eigenvalue weighted by atomic mass is 32.2. The van der Waals surface area contributed by atoms with Gasteiger partial charge in [-0.1, -0.05) is 12.1 Å². The van der Waals surface area contributed by atoms with Crippen LogP contribution in [0.15, 0.2) is 40.7 Å². The van der Waals surface area contributed by atoms with Crippen LogP contribution in [0.4, 0.5) is 4.79 Å². The predicted octanol–water partition coefficient (Wildman–Crippen LogP) is 1.16. The van der Waals surface area contributed by atoms with E-state index in [0.29, 0.717) is 11.3 Å². The van der Waals surface area contributed by atoms with Crippen LogP contribution in [-0.2, 0) is 19.4 Å². The van der Waals surface area contributed by atoms with Gasteiger partial charge < -0.3 is 10.1 Å². The molecule has 142 valence electrons. The van der Waals surface area contributed by atoms with Crippen LogP contribution in [-0.4, -0.2) is 55.8 Å². The van der Waals surface area contributed by atoms with Gasteiger partial charge in [0.1, 0.15) is 12.3 Å². The van der Waals surface area contributed by atoms with E-state index in [1.807, 2.05) is 0 Å². The van der Waals surface area contributed by atoms with E-state index in [9.17, 15) is 22.8 Å². The first kappa shape index (κ1) is 19.2. The Morgan fingerprint density at radius 2 is 2.04 bits per heavy atom. The Bertz CT molecular complexity index is 950. The lowest BCUT2D eigenvalue weighted by Gasteiger charge is -2.14. The molecule has 27 heavy (non-hydrogen) atoms. The molecule has 0 unspecified atom stereocenters. The van der Waals surface area contributed by atoms with Crippen LogP contribution in [0.2, 0.25) is 0 Å². The van der Waals surface area contributed by atoms with Crippen LogP contribution < -0.4 is 10.1 Å². The molecule has 1 atom stereocenters. The van der Waals surface area contributed by atoms with Crippen molar-refractivity contribution in [1.82, 2.24) is 10.2 Å². The van der Waals surface area contributed by atoms with Crippen LogP contribution in [0.5, 0.6) is 5.75 Å². The van der Waals surface area contributed by atoms with Gasteiger partial charge >= 0.3 is 0 Å². The second-order valence-electron chi connectivity index (χ2n) is 5.87. The monoisotopic (exact) mass is 408 g/mol. The molecule has 2 aliphatic heterocycles. The van der Waals surface area contributed by atoms with Gasteiger partial charge in [-0.3, -0.25) is 19.3 Å². The number of hydrogen-bond acceptors (Lipinski definition) is 7. The van der Waals surface area contributed by atoms with Gasteiger partial charge in [0, 0.05) is 5.41 Å². The lowest BCUT2D eigenvalue weighted by atomic mass is 10.2. The second-order valence-corrected chi connectivity index (χ2v) is 8.80. The number of imide groups is 1. The lowest BCUT2D eigenvalue weighted by Crippen LogP contribution is -2.43. The zero-order valence-corrected chi connectivity index (χ0v) is 15.9. The van der Waals surface area contributed by atoms with E-state index in [1.165, 1.54) is 6.08 Å². The number of hydrogen-bond donors (Lipinski definition) is 1. The highest BCUT2D eigenvalue weighted by Gasteiger charge is 2.36. The van der Waals surface area contributed by atoms with E-state index in [0.717, 1.165) is 22.1 Å². The minimum atomic E-state index is -3.30. The standard InChI is InChI=1S/C17H16N2O6S2/c1-25-13-4-2-11(3-5-13)8-14-16(21)19(17(22)26-14)9-15(20)18-12-6-7-27(23,24)10-12/h2-8,12H,9-10H2,1H3,(H,18,20)/b14-8+/t12-/m1/s1. The number of nitrogens with one attached hydrogen (secondary N) is 1. The van der Waals surface area contributed by atoms with Crippen LogP contribution in [0, 0.1) is 0 Å². The Hall–Kier alpha value is -2.59. The quantitative estimate of drug-likeness (QED) is 0.728. The van der Waals surface area contributed by atoms with Crippen LogP contribution in [0.25, 0.3) is 6.08 Å². The topological polar surface area (TPSA) is 110 Å². The molecule has 8 nitrogen and oxygen atoms in total. The van der Waals surface area contributed by atoms with Crippen molar-refractivity contribution in [3.05, 3.63) is 46.2 Å². The van der Waals surface area contributed by atoms with Crippen molar-refractivity contribution in [2.75, 3.05) is 19.4 Å². The highest BCUT2D eigenvalue weighted by molar-refractivity contribution is 8.18. The first-order chi connectivity index (χ1) is 12.8. The second kappa shape index (κ2) is 7.57. The van der Waals surface area contributed by atoms with Crippen molar-refractivity contribution in [3.63, 3.8) is 0 Å². The normalized spacial score (nSPS) is 22.5. The lowest BCUT2D eigenvalue weighted by molar-refractivity contribution is -0.129. The average Bonchev–Trinajstić information content (AvgIpc) is 3.09. The van der Waals surface area contributed by atoms with E-state index in [-0.39, 0.29) is 10.7 Å². The summed E-state index contributed by atoms with van der Waals surface area (Å²) in [6.07, 6.45) is 2.93. The molecule has 0 spiro atoms. The molecule has 3 rings (SSSR count). The Morgan fingerprint density at radius 3 is 2.63 bits per heavy atom. The van der Waals surface area contributed by atoms with Crippen LogP contribution >= 0.6 is 11.8 Å². The first-order valence-corrected chi connectivity index (χ1v) is 10.4. The van der Waals surface area contributed by atoms with Gasteiger partial charge in [-0.05, 0) is 41.6 Å². The summed E-state index contributed by atoms with van der Waals surface area (Å²) in [5.41, 5.74) is 0.715. The molecule has 0 aromatic heterocycles. The Kier molecular flexibility index (Phi) is 5.38. The number of sulfone groups is 1. The van der Waals surface area contributed by atoms with Gasteiger partial charge in [-0.25, -0.2) is 8.42 Å². The van der Waals surface area contributed by atoms with Crippen molar-refractivity contribution >= 4 is 44.7 Å². The first-order valence-electron chi connectivity index (χ1n) is 7.87. The molecule has 1 aromatic carbocycles. The summed E-state index contributed by atoms with van der Waals surface area (Å²) in [6, 6.07) is 6.29. The third kappa shape index (κ3) is 4.58. The molecule has 1 N–H and O–H groups in total. The number of amides is 3.